The summed E-state index contributed by atoms with van der Waals surface area (Å²) in [5.41, 5.74) is 0. The minimum Gasteiger partial charge on any atom is -0.305 e. The van der Waals surface area contributed by atoms with Gasteiger partial charge >= 0.3 is 0 Å². The van der Waals surface area contributed by atoms with Crippen LogP contribution >= 0.6 is 11.8 Å². The Morgan fingerprint density at radius 3 is 2.86 bits per heavy atom. The molecule has 0 aromatic carbocycles. The summed E-state index contributed by atoms with van der Waals surface area (Å²) >= 11 is 1.95. The number of nitrogens with one attached hydrogen (secondary N) is 1. The molecule has 2 heteroatoms. The quantitative estimate of drug-likeness (QED) is 0.504. The van der Waals surface area contributed by atoms with Gasteiger partial charge in [-0.3, -0.25) is 0 Å². The van der Waals surface area contributed by atoms with E-state index < -0.39 is 0 Å². The van der Waals surface area contributed by atoms with Gasteiger partial charge in [-0.2, -0.15) is 0 Å². The SMILES string of the molecule is [CH2]C1CCSCN1. The van der Waals surface area contributed by atoms with E-state index in [-0.39, 0.29) is 0 Å². The van der Waals surface area contributed by atoms with Crippen LogP contribution in [0, 0.1) is 6.92 Å². The Hall–Kier alpha value is 0.310. The monoisotopic (exact) mass is 116 g/mol. The van der Waals surface area contributed by atoms with Gasteiger partial charge in [0.05, 0.1) is 0 Å². The second-order valence-corrected chi connectivity index (χ2v) is 2.85. The lowest BCUT2D eigenvalue weighted by Crippen LogP contribution is -2.30. The van der Waals surface area contributed by atoms with E-state index in [4.69, 9.17) is 0 Å². The summed E-state index contributed by atoms with van der Waals surface area (Å²) in [7, 11) is 0. The second kappa shape index (κ2) is 2.58. The molecule has 1 fully saturated rings. The number of rotatable bonds is 0. The van der Waals surface area contributed by atoms with Crippen LogP contribution in [0.4, 0.5) is 0 Å². The average Bonchev–Trinajstić information content (AvgIpc) is 1.69. The molecule has 1 aliphatic rings. The van der Waals surface area contributed by atoms with Crippen molar-refractivity contribution in [2.24, 2.45) is 0 Å². The molecule has 41 valence electrons. The molecule has 7 heavy (non-hydrogen) atoms. The average molecular weight is 116 g/mol. The minimum absolute atomic E-state index is 0.515. The van der Waals surface area contributed by atoms with Gasteiger partial charge in [-0.1, -0.05) is 0 Å². The Kier molecular flexibility index (Phi) is 2.00. The van der Waals surface area contributed by atoms with Crippen molar-refractivity contribution in [3.63, 3.8) is 0 Å². The fourth-order valence-corrected chi connectivity index (χ4v) is 1.53. The van der Waals surface area contributed by atoms with Gasteiger partial charge in [0.15, 0.2) is 0 Å². The lowest BCUT2D eigenvalue weighted by atomic mass is 10.3. The van der Waals surface area contributed by atoms with Crippen molar-refractivity contribution in [2.45, 2.75) is 12.5 Å². The van der Waals surface area contributed by atoms with Gasteiger partial charge < -0.3 is 5.32 Å². The third-order valence-corrected chi connectivity index (χ3v) is 1.98. The molecule has 1 atom stereocenters. The first-order valence-corrected chi connectivity index (χ1v) is 3.69. The van der Waals surface area contributed by atoms with Crippen molar-refractivity contribution >= 4 is 11.8 Å². The Morgan fingerprint density at radius 1 is 1.71 bits per heavy atom. The van der Waals surface area contributed by atoms with Gasteiger partial charge in [-0.05, 0) is 19.1 Å². The molecule has 0 spiro atoms. The molecular weight excluding hydrogens is 106 g/mol. The fraction of sp³-hybridized carbons (Fsp3) is 0.800. The van der Waals surface area contributed by atoms with Crippen LogP contribution in [0.2, 0.25) is 0 Å². The molecule has 1 nitrogen and oxygen atoms in total. The first-order chi connectivity index (χ1) is 3.39. The standard InChI is InChI=1S/C5H10NS/c1-5-2-3-7-4-6-5/h5-6H,1-4H2. The zero-order chi connectivity index (χ0) is 5.11. The first-order valence-electron chi connectivity index (χ1n) is 2.54. The number of thioether (sulfide) groups is 1. The molecular formula is C5H10NS. The highest BCUT2D eigenvalue weighted by Crippen LogP contribution is 2.08. The third-order valence-electron chi connectivity index (χ3n) is 1.08. The molecule has 0 bridgehead atoms. The fourth-order valence-electron chi connectivity index (χ4n) is 0.577. The Labute approximate surface area is 48.9 Å². The van der Waals surface area contributed by atoms with Crippen LogP contribution in [0.1, 0.15) is 6.42 Å². The highest BCUT2D eigenvalue weighted by Gasteiger charge is 2.04. The molecule has 1 saturated heterocycles. The molecule has 1 unspecified atom stereocenters. The predicted molar refractivity (Wildman–Crippen MR) is 34.2 cm³/mol. The van der Waals surface area contributed by atoms with Crippen molar-refractivity contribution < 1.29 is 0 Å². The van der Waals surface area contributed by atoms with Crippen molar-refractivity contribution in [3.8, 4) is 0 Å². The molecule has 0 aromatic heterocycles. The van der Waals surface area contributed by atoms with Crippen molar-refractivity contribution in [1.29, 1.82) is 0 Å². The van der Waals surface area contributed by atoms with Gasteiger partial charge in [0.1, 0.15) is 0 Å². The van der Waals surface area contributed by atoms with Crippen molar-refractivity contribution in [1.82, 2.24) is 5.32 Å². The lowest BCUT2D eigenvalue weighted by molar-refractivity contribution is 0.620. The minimum atomic E-state index is 0.515. The van der Waals surface area contributed by atoms with E-state index in [1.165, 1.54) is 12.2 Å². The van der Waals surface area contributed by atoms with E-state index in [9.17, 15) is 0 Å². The molecule has 1 heterocycles. The second-order valence-electron chi connectivity index (χ2n) is 1.74. The molecule has 1 N–H and O–H groups in total. The van der Waals surface area contributed by atoms with E-state index in [0.717, 1.165) is 5.88 Å². The summed E-state index contributed by atoms with van der Waals surface area (Å²) in [6, 6.07) is 0.515. The van der Waals surface area contributed by atoms with Crippen LogP contribution in [-0.4, -0.2) is 17.7 Å². The van der Waals surface area contributed by atoms with Crippen LogP contribution < -0.4 is 5.32 Å². The van der Waals surface area contributed by atoms with Crippen molar-refractivity contribution in [3.05, 3.63) is 6.92 Å². The van der Waals surface area contributed by atoms with Gasteiger partial charge in [-0.25, -0.2) is 0 Å². The van der Waals surface area contributed by atoms with Crippen LogP contribution in [0.15, 0.2) is 0 Å². The third kappa shape index (κ3) is 1.70. The van der Waals surface area contributed by atoms with E-state index in [1.54, 1.807) is 0 Å². The van der Waals surface area contributed by atoms with E-state index >= 15 is 0 Å². The van der Waals surface area contributed by atoms with E-state index in [2.05, 4.69) is 12.2 Å². The number of hydrogen-bond acceptors (Lipinski definition) is 2. The van der Waals surface area contributed by atoms with E-state index in [1.807, 2.05) is 11.8 Å². The first kappa shape index (κ1) is 5.45. The molecule has 1 aliphatic heterocycles. The number of hydrogen-bond donors (Lipinski definition) is 1. The highest BCUT2D eigenvalue weighted by molar-refractivity contribution is 7.99. The summed E-state index contributed by atoms with van der Waals surface area (Å²) in [4.78, 5) is 0. The van der Waals surface area contributed by atoms with Gasteiger partial charge in [0.2, 0.25) is 0 Å². The van der Waals surface area contributed by atoms with Crippen molar-refractivity contribution in [2.75, 3.05) is 11.6 Å². The lowest BCUT2D eigenvalue weighted by Gasteiger charge is -2.17. The summed E-state index contributed by atoms with van der Waals surface area (Å²) in [5.74, 6) is 2.37. The van der Waals surface area contributed by atoms with Crippen LogP contribution in [0.25, 0.3) is 0 Å². The largest absolute Gasteiger partial charge is 0.305 e. The molecule has 1 rings (SSSR count). The Morgan fingerprint density at radius 2 is 2.57 bits per heavy atom. The molecule has 0 aliphatic carbocycles. The van der Waals surface area contributed by atoms with Gasteiger partial charge in [0.25, 0.3) is 0 Å². The predicted octanol–water partition coefficient (Wildman–Crippen LogP) is 0.873. The Bertz CT molecular complexity index is 50.0. The summed E-state index contributed by atoms with van der Waals surface area (Å²) in [6.07, 6.45) is 1.23. The summed E-state index contributed by atoms with van der Waals surface area (Å²) in [5, 5.41) is 3.23. The molecule has 0 aromatic rings. The van der Waals surface area contributed by atoms with Crippen LogP contribution in [-0.2, 0) is 0 Å². The topological polar surface area (TPSA) is 12.0 Å². The van der Waals surface area contributed by atoms with Crippen LogP contribution in [0.5, 0.6) is 0 Å². The smallest absolute Gasteiger partial charge is 0.0419 e. The highest BCUT2D eigenvalue weighted by atomic mass is 32.2. The normalized spacial score (nSPS) is 33.0. The maximum atomic E-state index is 3.87. The maximum absolute atomic E-state index is 3.87. The zero-order valence-corrected chi connectivity index (χ0v) is 5.13. The van der Waals surface area contributed by atoms with E-state index in [0.29, 0.717) is 6.04 Å². The summed E-state index contributed by atoms with van der Waals surface area (Å²) in [6.45, 7) is 3.87. The zero-order valence-electron chi connectivity index (χ0n) is 4.31. The molecule has 1 radical (unpaired) electrons. The summed E-state index contributed by atoms with van der Waals surface area (Å²) < 4.78 is 0. The maximum Gasteiger partial charge on any atom is 0.0419 e. The molecule has 0 amide bonds. The van der Waals surface area contributed by atoms with Crippen LogP contribution in [0.3, 0.4) is 0 Å². The van der Waals surface area contributed by atoms with Gasteiger partial charge in [0, 0.05) is 11.9 Å². The molecule has 0 saturated carbocycles. The van der Waals surface area contributed by atoms with Gasteiger partial charge in [-0.15, -0.1) is 11.8 Å². The Balaban J connectivity index is 2.12.